The van der Waals surface area contributed by atoms with Crippen molar-refractivity contribution in [3.63, 3.8) is 0 Å². The van der Waals surface area contributed by atoms with Crippen LogP contribution in [-0.2, 0) is 9.59 Å². The number of rotatable bonds is 6. The van der Waals surface area contributed by atoms with Crippen molar-refractivity contribution in [3.8, 4) is 0 Å². The van der Waals surface area contributed by atoms with Crippen LogP contribution in [-0.4, -0.2) is 42.3 Å². The van der Waals surface area contributed by atoms with Crippen LogP contribution in [0.5, 0.6) is 0 Å². The third-order valence-electron chi connectivity index (χ3n) is 5.16. The zero-order valence-corrected chi connectivity index (χ0v) is 16.2. The molecule has 2 heterocycles. The van der Waals surface area contributed by atoms with E-state index in [1.165, 1.54) is 29.2 Å². The molecule has 0 radical (unpaired) electrons. The molecular formula is C22H21FN4O3. The molecule has 0 saturated carbocycles. The Morgan fingerprint density at radius 1 is 1.07 bits per heavy atom. The Kier molecular flexibility index (Phi) is 5.47. The van der Waals surface area contributed by atoms with E-state index in [0.717, 1.165) is 10.9 Å². The van der Waals surface area contributed by atoms with Crippen LogP contribution in [0.2, 0.25) is 0 Å². The third-order valence-corrected chi connectivity index (χ3v) is 5.16. The van der Waals surface area contributed by atoms with E-state index in [-0.39, 0.29) is 49.6 Å². The number of aromatic amines is 1. The minimum atomic E-state index is -0.478. The molecule has 1 saturated heterocycles. The van der Waals surface area contributed by atoms with E-state index in [0.29, 0.717) is 11.3 Å². The molecule has 1 aliphatic heterocycles. The van der Waals surface area contributed by atoms with Crippen molar-refractivity contribution in [3.05, 3.63) is 66.1 Å². The van der Waals surface area contributed by atoms with E-state index in [1.807, 2.05) is 18.3 Å². The van der Waals surface area contributed by atoms with Crippen LogP contribution in [0, 0.1) is 11.7 Å². The Bertz CT molecular complexity index is 1090. The number of nitrogens with one attached hydrogen (secondary N) is 3. The van der Waals surface area contributed by atoms with Crippen LogP contribution in [0.25, 0.3) is 10.9 Å². The number of H-pyrrole nitrogens is 1. The number of benzene rings is 2. The summed E-state index contributed by atoms with van der Waals surface area (Å²) in [6, 6.07) is 12.9. The highest BCUT2D eigenvalue weighted by atomic mass is 19.1. The zero-order chi connectivity index (χ0) is 21.1. The largest absolute Gasteiger partial charge is 0.361 e. The van der Waals surface area contributed by atoms with Gasteiger partial charge in [-0.1, -0.05) is 0 Å². The van der Waals surface area contributed by atoms with Gasteiger partial charge in [0.1, 0.15) is 5.82 Å². The predicted molar refractivity (Wildman–Crippen MR) is 111 cm³/mol. The highest BCUT2D eigenvalue weighted by Gasteiger charge is 2.34. The molecule has 0 spiro atoms. The maximum Gasteiger partial charge on any atom is 0.251 e. The lowest BCUT2D eigenvalue weighted by atomic mass is 10.1. The summed E-state index contributed by atoms with van der Waals surface area (Å²) < 4.78 is 13.1. The Hall–Kier alpha value is -3.68. The molecule has 1 unspecified atom stereocenters. The van der Waals surface area contributed by atoms with Gasteiger partial charge in [0.05, 0.1) is 5.92 Å². The summed E-state index contributed by atoms with van der Waals surface area (Å²) in [5, 5.41) is 6.49. The van der Waals surface area contributed by atoms with E-state index in [4.69, 9.17) is 0 Å². The Morgan fingerprint density at radius 3 is 2.63 bits per heavy atom. The van der Waals surface area contributed by atoms with E-state index < -0.39 is 5.92 Å². The first-order valence-corrected chi connectivity index (χ1v) is 9.70. The van der Waals surface area contributed by atoms with Gasteiger partial charge in [-0.25, -0.2) is 4.39 Å². The van der Waals surface area contributed by atoms with Crippen molar-refractivity contribution in [1.82, 2.24) is 15.6 Å². The summed E-state index contributed by atoms with van der Waals surface area (Å²) >= 11 is 0. The summed E-state index contributed by atoms with van der Waals surface area (Å²) in [7, 11) is 0. The number of aromatic nitrogens is 1. The highest BCUT2D eigenvalue weighted by molar-refractivity contribution is 6.00. The number of hydrogen-bond donors (Lipinski definition) is 3. The van der Waals surface area contributed by atoms with Crippen LogP contribution in [0.15, 0.2) is 54.7 Å². The SMILES string of the molecule is O=C(NCCNC(=O)C1CC(=O)N(c2ccc(F)cc2)C1)c1ccc2[nH]ccc2c1. The number of hydrogen-bond acceptors (Lipinski definition) is 3. The molecule has 154 valence electrons. The molecular weight excluding hydrogens is 387 g/mol. The monoisotopic (exact) mass is 408 g/mol. The fourth-order valence-corrected chi connectivity index (χ4v) is 3.56. The van der Waals surface area contributed by atoms with Crippen molar-refractivity contribution >= 4 is 34.3 Å². The van der Waals surface area contributed by atoms with Gasteiger partial charge in [0, 0.05) is 54.4 Å². The number of fused-ring (bicyclic) bond motifs is 1. The van der Waals surface area contributed by atoms with Gasteiger partial charge in [0.25, 0.3) is 5.91 Å². The average Bonchev–Trinajstić information content (AvgIpc) is 3.37. The van der Waals surface area contributed by atoms with Crippen molar-refractivity contribution < 1.29 is 18.8 Å². The molecule has 7 nitrogen and oxygen atoms in total. The molecule has 1 atom stereocenters. The van der Waals surface area contributed by atoms with Crippen LogP contribution < -0.4 is 15.5 Å². The quantitative estimate of drug-likeness (QED) is 0.546. The smallest absolute Gasteiger partial charge is 0.251 e. The normalized spacial score (nSPS) is 16.1. The Labute approximate surface area is 172 Å². The molecule has 0 bridgehead atoms. The molecule has 8 heteroatoms. The number of halogens is 1. The summed E-state index contributed by atoms with van der Waals surface area (Å²) in [6.45, 7) is 0.787. The lowest BCUT2D eigenvalue weighted by Crippen LogP contribution is -2.38. The molecule has 3 aromatic rings. The molecule has 2 aromatic carbocycles. The van der Waals surface area contributed by atoms with Gasteiger partial charge in [-0.3, -0.25) is 14.4 Å². The first kappa shape index (κ1) is 19.6. The lowest BCUT2D eigenvalue weighted by molar-refractivity contribution is -0.126. The van der Waals surface area contributed by atoms with Gasteiger partial charge < -0.3 is 20.5 Å². The molecule has 30 heavy (non-hydrogen) atoms. The van der Waals surface area contributed by atoms with Gasteiger partial charge in [-0.15, -0.1) is 0 Å². The second kappa shape index (κ2) is 8.36. The van der Waals surface area contributed by atoms with Crippen molar-refractivity contribution in [2.45, 2.75) is 6.42 Å². The minimum Gasteiger partial charge on any atom is -0.361 e. The second-order valence-corrected chi connectivity index (χ2v) is 7.21. The number of anilines is 1. The van der Waals surface area contributed by atoms with Gasteiger partial charge in [0.2, 0.25) is 11.8 Å². The number of nitrogens with zero attached hydrogens (tertiary/aromatic N) is 1. The first-order chi connectivity index (χ1) is 14.5. The molecule has 3 N–H and O–H groups in total. The standard InChI is InChI=1S/C22H21FN4O3/c23-17-2-4-18(5-3-17)27-13-16(12-20(27)28)22(30)26-10-9-25-21(29)15-1-6-19-14(11-15)7-8-24-19/h1-8,11,16,24H,9-10,12-13H2,(H,25,29)(H,26,30). The lowest BCUT2D eigenvalue weighted by Gasteiger charge is -2.16. The van der Waals surface area contributed by atoms with Crippen LogP contribution in [0.1, 0.15) is 16.8 Å². The minimum absolute atomic E-state index is 0.103. The van der Waals surface area contributed by atoms with Crippen molar-refractivity contribution in [2.75, 3.05) is 24.5 Å². The van der Waals surface area contributed by atoms with Crippen LogP contribution in [0.3, 0.4) is 0 Å². The zero-order valence-electron chi connectivity index (χ0n) is 16.2. The van der Waals surface area contributed by atoms with Gasteiger partial charge in [0.15, 0.2) is 0 Å². The molecule has 0 aliphatic carbocycles. The van der Waals surface area contributed by atoms with Crippen LogP contribution >= 0.6 is 0 Å². The number of amides is 3. The third kappa shape index (κ3) is 4.17. The second-order valence-electron chi connectivity index (χ2n) is 7.21. The van der Waals surface area contributed by atoms with Crippen LogP contribution in [0.4, 0.5) is 10.1 Å². The average molecular weight is 408 g/mol. The van der Waals surface area contributed by atoms with Gasteiger partial charge in [-0.2, -0.15) is 0 Å². The predicted octanol–water partition coefficient (Wildman–Crippen LogP) is 2.21. The number of carbonyl (C=O) groups excluding carboxylic acids is 3. The van der Waals surface area contributed by atoms with Crippen molar-refractivity contribution in [2.24, 2.45) is 5.92 Å². The fourth-order valence-electron chi connectivity index (χ4n) is 3.56. The van der Waals surface area contributed by atoms with E-state index in [1.54, 1.807) is 12.1 Å². The summed E-state index contributed by atoms with van der Waals surface area (Å²) in [5.74, 6) is -1.49. The first-order valence-electron chi connectivity index (χ1n) is 9.70. The van der Waals surface area contributed by atoms with Gasteiger partial charge >= 0.3 is 0 Å². The van der Waals surface area contributed by atoms with E-state index >= 15 is 0 Å². The summed E-state index contributed by atoms with van der Waals surface area (Å²) in [4.78, 5) is 41.4. The van der Waals surface area contributed by atoms with E-state index in [9.17, 15) is 18.8 Å². The summed E-state index contributed by atoms with van der Waals surface area (Å²) in [5.41, 5.74) is 2.08. The molecule has 3 amide bonds. The maximum atomic E-state index is 13.1. The van der Waals surface area contributed by atoms with Crippen molar-refractivity contribution in [1.29, 1.82) is 0 Å². The summed E-state index contributed by atoms with van der Waals surface area (Å²) in [6.07, 6.45) is 1.92. The molecule has 4 rings (SSSR count). The molecule has 1 aromatic heterocycles. The molecule has 1 aliphatic rings. The Morgan fingerprint density at radius 2 is 1.83 bits per heavy atom. The highest BCUT2D eigenvalue weighted by Crippen LogP contribution is 2.25. The number of carbonyl (C=O) groups is 3. The maximum absolute atomic E-state index is 13.1. The van der Waals surface area contributed by atoms with Gasteiger partial charge in [-0.05, 0) is 48.5 Å². The molecule has 1 fully saturated rings. The Balaban J connectivity index is 1.24. The topological polar surface area (TPSA) is 94.3 Å². The fraction of sp³-hybridized carbons (Fsp3) is 0.227. The van der Waals surface area contributed by atoms with E-state index in [2.05, 4.69) is 15.6 Å².